The molecule has 1 N–H and O–H groups in total. The van der Waals surface area contributed by atoms with E-state index in [1.165, 1.54) is 35.5 Å². The van der Waals surface area contributed by atoms with Crippen LogP contribution in [0.5, 0.6) is 0 Å². The van der Waals surface area contributed by atoms with Crippen molar-refractivity contribution in [2.45, 2.75) is 13.0 Å². The van der Waals surface area contributed by atoms with E-state index in [2.05, 4.69) is 16.5 Å². The number of ether oxygens (including phenoxy) is 1. The Morgan fingerprint density at radius 1 is 1.29 bits per heavy atom. The topological polar surface area (TPSA) is 110 Å². The normalized spacial score (nSPS) is 17.1. The molecule has 2 aromatic heterocycles. The van der Waals surface area contributed by atoms with Crippen LogP contribution in [0.1, 0.15) is 32.5 Å². The van der Waals surface area contributed by atoms with Crippen LogP contribution in [0.2, 0.25) is 5.02 Å². The molecule has 1 aliphatic heterocycles. The smallest absolute Gasteiger partial charge is 0.350 e. The largest absolute Gasteiger partial charge is 0.507 e. The van der Waals surface area contributed by atoms with Gasteiger partial charge in [-0.15, -0.1) is 0 Å². The summed E-state index contributed by atoms with van der Waals surface area (Å²) < 4.78 is 5.10. The van der Waals surface area contributed by atoms with Gasteiger partial charge in [0.05, 0.1) is 17.3 Å². The lowest BCUT2D eigenvalue weighted by molar-refractivity contribution is -0.132. The Hall–Kier alpha value is -3.82. The molecule has 4 rings (SSSR count). The van der Waals surface area contributed by atoms with E-state index in [-0.39, 0.29) is 27.9 Å². The lowest BCUT2D eigenvalue weighted by atomic mass is 9.96. The number of aromatic nitrogens is 2. The SMILES string of the molecule is C=CCOC(=O)c1sc(N2C(=O)C(=O)/C(=C(/O)c3ccncc3)C2c2cccc(Cl)c2)nc1C. The van der Waals surface area contributed by atoms with E-state index in [1.807, 2.05) is 0 Å². The van der Waals surface area contributed by atoms with Gasteiger partial charge < -0.3 is 9.84 Å². The van der Waals surface area contributed by atoms with Crippen molar-refractivity contribution in [2.24, 2.45) is 0 Å². The van der Waals surface area contributed by atoms with Gasteiger partial charge in [-0.3, -0.25) is 19.5 Å². The molecular weight excluding hydrogens is 478 g/mol. The lowest BCUT2D eigenvalue weighted by Crippen LogP contribution is -2.29. The first-order valence-corrected chi connectivity index (χ1v) is 11.2. The van der Waals surface area contributed by atoms with Gasteiger partial charge in [0, 0.05) is 23.0 Å². The number of halogens is 1. The number of esters is 1. The number of nitrogens with zero attached hydrogens (tertiary/aromatic N) is 3. The lowest BCUT2D eigenvalue weighted by Gasteiger charge is -2.23. The maximum atomic E-state index is 13.2. The number of thiazole rings is 1. The average molecular weight is 496 g/mol. The van der Waals surface area contributed by atoms with Crippen LogP contribution in [0, 0.1) is 6.92 Å². The van der Waals surface area contributed by atoms with Gasteiger partial charge in [0.15, 0.2) is 5.13 Å². The van der Waals surface area contributed by atoms with Gasteiger partial charge in [-0.05, 0) is 36.8 Å². The van der Waals surface area contributed by atoms with E-state index in [0.29, 0.717) is 21.8 Å². The van der Waals surface area contributed by atoms with Crippen LogP contribution in [0.3, 0.4) is 0 Å². The van der Waals surface area contributed by atoms with Gasteiger partial charge in [0.2, 0.25) is 0 Å². The van der Waals surface area contributed by atoms with Crippen LogP contribution in [-0.4, -0.2) is 39.3 Å². The van der Waals surface area contributed by atoms with Crippen molar-refractivity contribution in [2.75, 3.05) is 11.5 Å². The van der Waals surface area contributed by atoms with Crippen molar-refractivity contribution in [1.82, 2.24) is 9.97 Å². The molecule has 34 heavy (non-hydrogen) atoms. The first kappa shape index (κ1) is 23.3. The van der Waals surface area contributed by atoms with E-state index in [1.54, 1.807) is 31.2 Å². The van der Waals surface area contributed by atoms with Crippen LogP contribution in [0.15, 0.2) is 67.0 Å². The summed E-state index contributed by atoms with van der Waals surface area (Å²) in [7, 11) is 0. The fraction of sp³-hybridized carbons (Fsp3) is 0.125. The zero-order valence-corrected chi connectivity index (χ0v) is 19.5. The Labute approximate surface area is 203 Å². The van der Waals surface area contributed by atoms with Crippen LogP contribution >= 0.6 is 22.9 Å². The van der Waals surface area contributed by atoms with Crippen LogP contribution in [0.25, 0.3) is 5.76 Å². The minimum Gasteiger partial charge on any atom is -0.507 e. The number of amides is 1. The number of aliphatic hydroxyl groups excluding tert-OH is 1. The van der Waals surface area contributed by atoms with Crippen LogP contribution < -0.4 is 4.90 Å². The van der Waals surface area contributed by atoms with Crippen molar-refractivity contribution in [1.29, 1.82) is 0 Å². The van der Waals surface area contributed by atoms with Gasteiger partial charge in [0.25, 0.3) is 5.78 Å². The van der Waals surface area contributed by atoms with E-state index in [4.69, 9.17) is 16.3 Å². The fourth-order valence-electron chi connectivity index (χ4n) is 3.56. The third kappa shape index (κ3) is 4.23. The van der Waals surface area contributed by atoms with E-state index in [9.17, 15) is 19.5 Å². The highest BCUT2D eigenvalue weighted by Crippen LogP contribution is 2.44. The van der Waals surface area contributed by atoms with Crippen molar-refractivity contribution in [3.05, 3.63) is 93.7 Å². The highest BCUT2D eigenvalue weighted by molar-refractivity contribution is 7.17. The molecule has 8 nitrogen and oxygen atoms in total. The number of anilines is 1. The fourth-order valence-corrected chi connectivity index (χ4v) is 4.75. The maximum Gasteiger partial charge on any atom is 0.350 e. The highest BCUT2D eigenvalue weighted by Gasteiger charge is 2.48. The highest BCUT2D eigenvalue weighted by atomic mass is 35.5. The Balaban J connectivity index is 1.89. The second kappa shape index (κ2) is 9.58. The van der Waals surface area contributed by atoms with Crippen molar-refractivity contribution >= 4 is 51.5 Å². The number of carbonyl (C=O) groups excluding carboxylic acids is 3. The summed E-state index contributed by atoms with van der Waals surface area (Å²) in [5, 5.41) is 11.5. The van der Waals surface area contributed by atoms with Gasteiger partial charge in [-0.25, -0.2) is 9.78 Å². The van der Waals surface area contributed by atoms with Crippen LogP contribution in [0.4, 0.5) is 5.13 Å². The number of benzene rings is 1. The quantitative estimate of drug-likeness (QED) is 0.176. The van der Waals surface area contributed by atoms with Crippen molar-refractivity contribution in [3.63, 3.8) is 0 Å². The minimum absolute atomic E-state index is 0.0183. The molecule has 3 heterocycles. The number of hydrogen-bond acceptors (Lipinski definition) is 8. The van der Waals surface area contributed by atoms with Gasteiger partial charge in [-0.1, -0.05) is 47.7 Å². The molecule has 0 spiro atoms. The van der Waals surface area contributed by atoms with Gasteiger partial charge >= 0.3 is 11.9 Å². The van der Waals surface area contributed by atoms with E-state index in [0.717, 1.165) is 11.3 Å². The first-order valence-electron chi connectivity index (χ1n) is 10.1. The molecule has 3 aromatic rings. The molecule has 1 aromatic carbocycles. The zero-order chi connectivity index (χ0) is 24.4. The number of hydrogen-bond donors (Lipinski definition) is 1. The number of aryl methyl sites for hydroxylation is 1. The summed E-state index contributed by atoms with van der Waals surface area (Å²) in [6.07, 6.45) is 4.36. The second-order valence-electron chi connectivity index (χ2n) is 7.26. The maximum absolute atomic E-state index is 13.2. The third-order valence-electron chi connectivity index (χ3n) is 5.07. The molecule has 0 aliphatic carbocycles. The zero-order valence-electron chi connectivity index (χ0n) is 17.9. The third-order valence-corrected chi connectivity index (χ3v) is 6.44. The number of aliphatic hydroxyl groups is 1. The van der Waals surface area contributed by atoms with Gasteiger partial charge in [0.1, 0.15) is 17.2 Å². The Morgan fingerprint density at radius 3 is 2.71 bits per heavy atom. The number of Topliss-reactive ketones (excluding diaryl/α,β-unsaturated/α-hetero) is 1. The summed E-state index contributed by atoms with van der Waals surface area (Å²) in [4.78, 5) is 48.4. The summed E-state index contributed by atoms with van der Waals surface area (Å²) in [5.74, 6) is -2.75. The number of carbonyl (C=O) groups is 3. The molecular formula is C24H18ClN3O5S. The van der Waals surface area contributed by atoms with E-state index >= 15 is 0 Å². The molecule has 172 valence electrons. The number of pyridine rings is 1. The monoisotopic (exact) mass is 495 g/mol. The Morgan fingerprint density at radius 2 is 2.03 bits per heavy atom. The molecule has 1 fully saturated rings. The average Bonchev–Trinajstić information content (AvgIpc) is 3.34. The molecule has 0 bridgehead atoms. The van der Waals surface area contributed by atoms with Gasteiger partial charge in [-0.2, -0.15) is 0 Å². The minimum atomic E-state index is -1.02. The Bertz CT molecular complexity index is 1340. The molecule has 0 radical (unpaired) electrons. The molecule has 0 saturated carbocycles. The predicted octanol–water partition coefficient (Wildman–Crippen LogP) is 4.47. The van der Waals surface area contributed by atoms with Crippen molar-refractivity contribution in [3.8, 4) is 0 Å². The van der Waals surface area contributed by atoms with E-state index < -0.39 is 23.7 Å². The number of rotatable bonds is 6. The summed E-state index contributed by atoms with van der Waals surface area (Å²) >= 11 is 7.11. The predicted molar refractivity (Wildman–Crippen MR) is 128 cm³/mol. The summed E-state index contributed by atoms with van der Waals surface area (Å²) in [5.41, 5.74) is 1.03. The first-order chi connectivity index (χ1) is 16.3. The molecule has 10 heteroatoms. The summed E-state index contributed by atoms with van der Waals surface area (Å²) in [6.45, 7) is 5.13. The van der Waals surface area contributed by atoms with Crippen LogP contribution in [-0.2, 0) is 14.3 Å². The summed E-state index contributed by atoms with van der Waals surface area (Å²) in [6, 6.07) is 8.66. The molecule has 1 amide bonds. The molecule has 1 atom stereocenters. The second-order valence-corrected chi connectivity index (χ2v) is 8.67. The van der Waals surface area contributed by atoms with Crippen molar-refractivity contribution < 1.29 is 24.2 Å². The number of ketones is 1. The molecule has 1 saturated heterocycles. The standard InChI is InChI=1S/C24H18ClN3O5S/c1-3-11-33-23(32)21-13(2)27-24(34-21)28-18(15-5-4-6-16(25)12-15)17(20(30)22(28)31)19(29)14-7-9-26-10-8-14/h3-10,12,18,29H,1,11H2,2H3/b19-17+. The molecule has 1 aliphatic rings. The molecule has 1 unspecified atom stereocenters. The Kier molecular flexibility index (Phi) is 6.58.